The number of nitrogens with one attached hydrogen (secondary N) is 1. The summed E-state index contributed by atoms with van der Waals surface area (Å²) in [5, 5.41) is 7.49. The normalized spacial score (nSPS) is 12.1. The van der Waals surface area contributed by atoms with Gasteiger partial charge in [-0.2, -0.15) is 5.10 Å². The summed E-state index contributed by atoms with van der Waals surface area (Å²) in [5.41, 5.74) is 2.91. The zero-order chi connectivity index (χ0) is 21.1. The second kappa shape index (κ2) is 8.32. The maximum atomic E-state index is 12.8. The van der Waals surface area contributed by atoms with Crippen LogP contribution in [0.1, 0.15) is 31.7 Å². The van der Waals surface area contributed by atoms with Crippen molar-refractivity contribution in [2.75, 3.05) is 5.32 Å². The number of amides is 1. The van der Waals surface area contributed by atoms with Gasteiger partial charge in [-0.05, 0) is 42.2 Å². The lowest BCUT2D eigenvalue weighted by Crippen LogP contribution is -2.27. The van der Waals surface area contributed by atoms with Crippen LogP contribution < -0.4 is 10.9 Å². The number of rotatable bonds is 6. The molecule has 2 heterocycles. The molecule has 2 aromatic heterocycles. The van der Waals surface area contributed by atoms with Gasteiger partial charge in [0.15, 0.2) is 5.65 Å². The topological polar surface area (TPSA) is 81.8 Å². The molecule has 7 heteroatoms. The van der Waals surface area contributed by atoms with E-state index < -0.39 is 0 Å². The molecular formula is C23H23N5O2. The molecule has 0 aliphatic heterocycles. The van der Waals surface area contributed by atoms with Crippen LogP contribution in [-0.2, 0) is 11.3 Å². The lowest BCUT2D eigenvalue weighted by molar-refractivity contribution is -0.116. The van der Waals surface area contributed by atoms with Crippen LogP contribution in [0.25, 0.3) is 16.7 Å². The van der Waals surface area contributed by atoms with Gasteiger partial charge >= 0.3 is 0 Å². The molecule has 4 aromatic rings. The number of carbonyl (C=O) groups is 1. The Morgan fingerprint density at radius 2 is 1.83 bits per heavy atom. The molecule has 0 aliphatic carbocycles. The van der Waals surface area contributed by atoms with Gasteiger partial charge in [0.25, 0.3) is 5.56 Å². The van der Waals surface area contributed by atoms with E-state index in [1.807, 2.05) is 54.6 Å². The lowest BCUT2D eigenvalue weighted by Gasteiger charge is -2.11. The first kappa shape index (κ1) is 19.6. The van der Waals surface area contributed by atoms with E-state index in [2.05, 4.69) is 29.2 Å². The Morgan fingerprint density at radius 3 is 2.53 bits per heavy atom. The standard InChI is InChI=1S/C23H23N5O2/c1-3-16(2)17-9-11-18(12-10-17)26-21(29)14-27-15-24-22-20(23(27)30)13-25-28(22)19-7-5-4-6-8-19/h4-13,15-16H,3,14H2,1-2H3,(H,26,29)/t16-/m1/s1. The summed E-state index contributed by atoms with van der Waals surface area (Å²) in [7, 11) is 0. The van der Waals surface area contributed by atoms with Crippen molar-refractivity contribution in [2.45, 2.75) is 32.7 Å². The Kier molecular flexibility index (Phi) is 5.43. The number of aromatic nitrogens is 4. The molecule has 0 unspecified atom stereocenters. The molecule has 152 valence electrons. The summed E-state index contributed by atoms with van der Waals surface area (Å²) in [6, 6.07) is 17.3. The van der Waals surface area contributed by atoms with Crippen molar-refractivity contribution >= 4 is 22.6 Å². The fourth-order valence-corrected chi connectivity index (χ4v) is 3.31. The molecule has 7 nitrogen and oxygen atoms in total. The average Bonchev–Trinajstić information content (AvgIpc) is 3.21. The molecule has 1 amide bonds. The third-order valence-electron chi connectivity index (χ3n) is 5.25. The van der Waals surface area contributed by atoms with Gasteiger partial charge in [-0.15, -0.1) is 0 Å². The smallest absolute Gasteiger partial charge is 0.264 e. The van der Waals surface area contributed by atoms with Crippen LogP contribution in [0.4, 0.5) is 5.69 Å². The Hall–Kier alpha value is -3.74. The molecule has 2 aromatic carbocycles. The number of benzene rings is 2. The van der Waals surface area contributed by atoms with Gasteiger partial charge in [0, 0.05) is 5.69 Å². The minimum Gasteiger partial charge on any atom is -0.325 e. The molecule has 0 saturated carbocycles. The zero-order valence-corrected chi connectivity index (χ0v) is 16.9. The maximum absolute atomic E-state index is 12.8. The summed E-state index contributed by atoms with van der Waals surface area (Å²) in [5.74, 6) is 0.188. The fourth-order valence-electron chi connectivity index (χ4n) is 3.31. The van der Waals surface area contributed by atoms with Crippen LogP contribution >= 0.6 is 0 Å². The molecule has 0 bridgehead atoms. The van der Waals surface area contributed by atoms with E-state index in [4.69, 9.17) is 0 Å². The van der Waals surface area contributed by atoms with Crippen LogP contribution in [0.5, 0.6) is 0 Å². The molecule has 30 heavy (non-hydrogen) atoms. The number of hydrogen-bond acceptors (Lipinski definition) is 4. The highest BCUT2D eigenvalue weighted by molar-refractivity contribution is 5.90. The van der Waals surface area contributed by atoms with Gasteiger partial charge in [0.2, 0.25) is 5.91 Å². The molecule has 0 spiro atoms. The third-order valence-corrected chi connectivity index (χ3v) is 5.25. The fraction of sp³-hybridized carbons (Fsp3) is 0.217. The SMILES string of the molecule is CC[C@@H](C)c1ccc(NC(=O)Cn2cnc3c(cnn3-c3ccccc3)c2=O)cc1. The predicted octanol–water partition coefficient (Wildman–Crippen LogP) is 3.73. The number of hydrogen-bond donors (Lipinski definition) is 1. The lowest BCUT2D eigenvalue weighted by atomic mass is 9.99. The Balaban J connectivity index is 1.52. The minimum atomic E-state index is -0.301. The first-order valence-electron chi connectivity index (χ1n) is 9.95. The van der Waals surface area contributed by atoms with Crippen molar-refractivity contribution in [1.82, 2.24) is 19.3 Å². The van der Waals surface area contributed by atoms with E-state index in [1.54, 1.807) is 4.68 Å². The van der Waals surface area contributed by atoms with Crippen LogP contribution in [0.2, 0.25) is 0 Å². The highest BCUT2D eigenvalue weighted by Gasteiger charge is 2.13. The second-order valence-electron chi connectivity index (χ2n) is 7.29. The molecule has 0 fully saturated rings. The number of para-hydroxylation sites is 1. The quantitative estimate of drug-likeness (QED) is 0.534. The van der Waals surface area contributed by atoms with Gasteiger partial charge in [-0.1, -0.05) is 44.2 Å². The number of anilines is 1. The van der Waals surface area contributed by atoms with Crippen LogP contribution in [-0.4, -0.2) is 25.2 Å². The largest absolute Gasteiger partial charge is 0.325 e. The van der Waals surface area contributed by atoms with Gasteiger partial charge in [0.05, 0.1) is 11.9 Å². The van der Waals surface area contributed by atoms with E-state index in [9.17, 15) is 9.59 Å². The van der Waals surface area contributed by atoms with Gasteiger partial charge in [0.1, 0.15) is 18.3 Å². The Labute approximate surface area is 174 Å². The number of carbonyl (C=O) groups excluding carboxylic acids is 1. The van der Waals surface area contributed by atoms with Crippen molar-refractivity contribution < 1.29 is 4.79 Å². The average molecular weight is 401 g/mol. The number of fused-ring (bicyclic) bond motifs is 1. The molecule has 4 rings (SSSR count). The first-order valence-corrected chi connectivity index (χ1v) is 9.95. The summed E-state index contributed by atoms with van der Waals surface area (Å²) in [4.78, 5) is 29.6. The monoisotopic (exact) mass is 401 g/mol. The van der Waals surface area contributed by atoms with Gasteiger partial charge < -0.3 is 5.32 Å². The second-order valence-corrected chi connectivity index (χ2v) is 7.29. The Morgan fingerprint density at radius 1 is 1.10 bits per heavy atom. The highest BCUT2D eigenvalue weighted by Crippen LogP contribution is 2.20. The van der Waals surface area contributed by atoms with Crippen LogP contribution in [0.3, 0.4) is 0 Å². The zero-order valence-electron chi connectivity index (χ0n) is 16.9. The van der Waals surface area contributed by atoms with E-state index in [-0.39, 0.29) is 18.0 Å². The maximum Gasteiger partial charge on any atom is 0.264 e. The summed E-state index contributed by atoms with van der Waals surface area (Å²) in [6.07, 6.45) is 3.93. The Bertz CT molecular complexity index is 1230. The molecule has 1 atom stereocenters. The van der Waals surface area contributed by atoms with Gasteiger partial charge in [-0.25, -0.2) is 9.67 Å². The predicted molar refractivity (Wildman–Crippen MR) is 117 cm³/mol. The van der Waals surface area contributed by atoms with E-state index in [0.717, 1.165) is 12.1 Å². The summed E-state index contributed by atoms with van der Waals surface area (Å²) in [6.45, 7) is 4.20. The van der Waals surface area contributed by atoms with E-state index in [0.29, 0.717) is 22.6 Å². The molecule has 0 aliphatic rings. The molecule has 0 saturated heterocycles. The van der Waals surface area contributed by atoms with Crippen molar-refractivity contribution in [1.29, 1.82) is 0 Å². The van der Waals surface area contributed by atoms with Crippen molar-refractivity contribution in [2.24, 2.45) is 0 Å². The van der Waals surface area contributed by atoms with Crippen molar-refractivity contribution in [3.8, 4) is 5.69 Å². The third kappa shape index (κ3) is 3.87. The highest BCUT2D eigenvalue weighted by atomic mass is 16.2. The summed E-state index contributed by atoms with van der Waals surface area (Å²) < 4.78 is 2.90. The molecule has 0 radical (unpaired) electrons. The van der Waals surface area contributed by atoms with Gasteiger partial charge in [-0.3, -0.25) is 14.2 Å². The number of nitrogens with zero attached hydrogens (tertiary/aromatic N) is 4. The van der Waals surface area contributed by atoms with E-state index >= 15 is 0 Å². The molecule has 1 N–H and O–H groups in total. The minimum absolute atomic E-state index is 0.120. The van der Waals surface area contributed by atoms with Crippen molar-refractivity contribution in [3.63, 3.8) is 0 Å². The molecular weight excluding hydrogens is 378 g/mol. The first-order chi connectivity index (χ1) is 14.6. The van der Waals surface area contributed by atoms with E-state index in [1.165, 1.54) is 22.7 Å². The van der Waals surface area contributed by atoms with Crippen LogP contribution in [0, 0.1) is 0 Å². The van der Waals surface area contributed by atoms with Crippen LogP contribution in [0.15, 0.2) is 71.9 Å². The van der Waals surface area contributed by atoms with Crippen molar-refractivity contribution in [3.05, 3.63) is 83.0 Å². The summed E-state index contributed by atoms with van der Waals surface area (Å²) >= 11 is 0.